The van der Waals surface area contributed by atoms with Crippen molar-refractivity contribution in [2.24, 2.45) is 5.41 Å². The molecule has 1 aromatic heterocycles. The molecule has 0 fully saturated rings. The van der Waals surface area contributed by atoms with Crippen molar-refractivity contribution in [2.45, 2.75) is 46.8 Å². The molecule has 0 saturated heterocycles. The van der Waals surface area contributed by atoms with Crippen molar-refractivity contribution in [1.29, 1.82) is 0 Å². The quantitative estimate of drug-likeness (QED) is 0.806. The molecule has 14 heavy (non-hydrogen) atoms. The van der Waals surface area contributed by atoms with Crippen molar-refractivity contribution in [1.82, 2.24) is 9.55 Å². The number of nitrogens with zero attached hydrogens (tertiary/aromatic N) is 2. The van der Waals surface area contributed by atoms with Crippen LogP contribution < -0.4 is 0 Å². The Morgan fingerprint density at radius 3 is 2.64 bits per heavy atom. The van der Waals surface area contributed by atoms with Crippen LogP contribution in [0.3, 0.4) is 0 Å². The summed E-state index contributed by atoms with van der Waals surface area (Å²) in [5.41, 5.74) is 0.129. The number of aromatic nitrogens is 2. The van der Waals surface area contributed by atoms with Gasteiger partial charge in [0, 0.05) is 18.9 Å². The molecule has 3 nitrogen and oxygen atoms in total. The maximum atomic E-state index is 9.97. The van der Waals surface area contributed by atoms with Gasteiger partial charge in [0.2, 0.25) is 0 Å². The van der Waals surface area contributed by atoms with Gasteiger partial charge in [-0.3, -0.25) is 0 Å². The molecule has 1 rings (SSSR count). The van der Waals surface area contributed by atoms with Crippen molar-refractivity contribution < 1.29 is 5.11 Å². The van der Waals surface area contributed by atoms with Gasteiger partial charge in [0.25, 0.3) is 0 Å². The zero-order valence-electron chi connectivity index (χ0n) is 9.49. The molecule has 0 bridgehead atoms. The molecule has 0 radical (unpaired) electrons. The Morgan fingerprint density at radius 1 is 1.50 bits per heavy atom. The van der Waals surface area contributed by atoms with Crippen LogP contribution >= 0.6 is 0 Å². The van der Waals surface area contributed by atoms with E-state index in [0.29, 0.717) is 0 Å². The molecule has 0 spiro atoms. The van der Waals surface area contributed by atoms with Crippen LogP contribution in [-0.4, -0.2) is 14.7 Å². The Hall–Kier alpha value is -0.830. The molecule has 0 saturated carbocycles. The van der Waals surface area contributed by atoms with E-state index in [0.717, 1.165) is 18.8 Å². The van der Waals surface area contributed by atoms with Crippen LogP contribution in [0.15, 0.2) is 12.4 Å². The first-order valence-electron chi connectivity index (χ1n) is 5.13. The molecule has 1 aromatic rings. The molecular formula is C11H20N2O. The average Bonchev–Trinajstić information content (AvgIpc) is 2.47. The number of aliphatic hydroxyl groups is 1. The molecule has 0 aliphatic heterocycles. The van der Waals surface area contributed by atoms with E-state index in [-0.39, 0.29) is 5.41 Å². The summed E-state index contributed by atoms with van der Waals surface area (Å²) < 4.78 is 1.98. The Balaban J connectivity index is 2.74. The van der Waals surface area contributed by atoms with Crippen molar-refractivity contribution in [3.63, 3.8) is 0 Å². The molecule has 0 aliphatic rings. The maximum Gasteiger partial charge on any atom is 0.137 e. The van der Waals surface area contributed by atoms with E-state index >= 15 is 0 Å². The second-order valence-corrected chi connectivity index (χ2v) is 4.85. The fourth-order valence-electron chi connectivity index (χ4n) is 1.56. The lowest BCUT2D eigenvalue weighted by molar-refractivity contribution is 0.111. The molecule has 0 amide bonds. The zero-order chi connectivity index (χ0) is 10.8. The Kier molecular flexibility index (Phi) is 3.32. The summed E-state index contributed by atoms with van der Waals surface area (Å²) >= 11 is 0. The van der Waals surface area contributed by atoms with Crippen LogP contribution in [-0.2, 0) is 6.54 Å². The monoisotopic (exact) mass is 196 g/mol. The van der Waals surface area contributed by atoms with Crippen LogP contribution in [0, 0.1) is 5.41 Å². The van der Waals surface area contributed by atoms with E-state index in [1.54, 1.807) is 6.20 Å². The van der Waals surface area contributed by atoms with Gasteiger partial charge < -0.3 is 9.67 Å². The predicted octanol–water partition coefficient (Wildman–Crippen LogP) is 2.37. The molecule has 1 atom stereocenters. The molecule has 1 N–H and O–H groups in total. The Labute approximate surface area is 85.8 Å². The highest BCUT2D eigenvalue weighted by molar-refractivity contribution is 4.97. The summed E-state index contributed by atoms with van der Waals surface area (Å²) in [5.74, 6) is 0.780. The fraction of sp³-hybridized carbons (Fsp3) is 0.727. The molecule has 0 aliphatic carbocycles. The summed E-state index contributed by atoms with van der Waals surface area (Å²) in [6.07, 6.45) is 3.93. The molecule has 3 heteroatoms. The third-order valence-corrected chi connectivity index (χ3v) is 2.19. The lowest BCUT2D eigenvalue weighted by atomic mass is 9.89. The van der Waals surface area contributed by atoms with Crippen LogP contribution in [0.2, 0.25) is 0 Å². The lowest BCUT2D eigenvalue weighted by Gasteiger charge is -2.22. The van der Waals surface area contributed by atoms with Crippen molar-refractivity contribution in [3.8, 4) is 0 Å². The van der Waals surface area contributed by atoms with Gasteiger partial charge in [-0.05, 0) is 18.8 Å². The minimum atomic E-state index is -0.454. The largest absolute Gasteiger partial charge is 0.385 e. The summed E-state index contributed by atoms with van der Waals surface area (Å²) in [7, 11) is 0. The number of rotatable bonds is 3. The molecule has 1 unspecified atom stereocenters. The first-order chi connectivity index (χ1) is 6.44. The smallest absolute Gasteiger partial charge is 0.137 e. The first-order valence-corrected chi connectivity index (χ1v) is 5.13. The van der Waals surface area contributed by atoms with Crippen LogP contribution in [0.5, 0.6) is 0 Å². The number of imidazole rings is 1. The number of hydrogen-bond acceptors (Lipinski definition) is 2. The highest BCUT2D eigenvalue weighted by Crippen LogP contribution is 2.28. The standard InChI is InChI=1S/C11H20N2O/c1-5-13-7-6-12-10(13)9(14)8-11(2,3)4/h6-7,9,14H,5,8H2,1-4H3. The van der Waals surface area contributed by atoms with E-state index in [1.165, 1.54) is 0 Å². The van der Waals surface area contributed by atoms with E-state index in [4.69, 9.17) is 0 Å². The SMILES string of the molecule is CCn1ccnc1C(O)CC(C)(C)C. The lowest BCUT2D eigenvalue weighted by Crippen LogP contribution is -2.15. The third-order valence-electron chi connectivity index (χ3n) is 2.19. The first kappa shape index (κ1) is 11.2. The van der Waals surface area contributed by atoms with Crippen LogP contribution in [0.25, 0.3) is 0 Å². The molecule has 80 valence electrons. The second kappa shape index (κ2) is 4.13. The Bertz CT molecular complexity index is 286. The van der Waals surface area contributed by atoms with Gasteiger partial charge in [0.15, 0.2) is 0 Å². The normalized spacial score (nSPS) is 14.4. The van der Waals surface area contributed by atoms with Gasteiger partial charge in [-0.15, -0.1) is 0 Å². The highest BCUT2D eigenvalue weighted by atomic mass is 16.3. The van der Waals surface area contributed by atoms with Crippen LogP contribution in [0.4, 0.5) is 0 Å². The summed E-state index contributed by atoms with van der Waals surface area (Å²) in [6, 6.07) is 0. The van der Waals surface area contributed by atoms with E-state index in [9.17, 15) is 5.11 Å². The molecular weight excluding hydrogens is 176 g/mol. The van der Waals surface area contributed by atoms with Gasteiger partial charge in [-0.1, -0.05) is 20.8 Å². The van der Waals surface area contributed by atoms with Gasteiger partial charge in [-0.2, -0.15) is 0 Å². The van der Waals surface area contributed by atoms with Gasteiger partial charge in [-0.25, -0.2) is 4.98 Å². The van der Waals surface area contributed by atoms with Gasteiger partial charge in [0.1, 0.15) is 11.9 Å². The average molecular weight is 196 g/mol. The molecule has 0 aromatic carbocycles. The number of aryl methyl sites for hydroxylation is 1. The van der Waals surface area contributed by atoms with E-state index in [1.807, 2.05) is 10.8 Å². The minimum Gasteiger partial charge on any atom is -0.385 e. The maximum absolute atomic E-state index is 9.97. The van der Waals surface area contributed by atoms with Crippen LogP contribution in [0.1, 0.15) is 46.0 Å². The third kappa shape index (κ3) is 2.84. The topological polar surface area (TPSA) is 38.0 Å². The summed E-state index contributed by atoms with van der Waals surface area (Å²) in [4.78, 5) is 4.18. The minimum absolute atomic E-state index is 0.129. The van der Waals surface area contributed by atoms with Crippen molar-refractivity contribution in [3.05, 3.63) is 18.2 Å². The van der Waals surface area contributed by atoms with E-state index < -0.39 is 6.10 Å². The Morgan fingerprint density at radius 2 is 2.14 bits per heavy atom. The van der Waals surface area contributed by atoms with Crippen molar-refractivity contribution >= 4 is 0 Å². The molecule has 1 heterocycles. The summed E-state index contributed by atoms with van der Waals surface area (Å²) in [6.45, 7) is 9.27. The van der Waals surface area contributed by atoms with E-state index in [2.05, 4.69) is 32.7 Å². The summed E-state index contributed by atoms with van der Waals surface area (Å²) in [5, 5.41) is 9.97. The zero-order valence-corrected chi connectivity index (χ0v) is 9.49. The van der Waals surface area contributed by atoms with Crippen molar-refractivity contribution in [2.75, 3.05) is 0 Å². The fourth-order valence-corrected chi connectivity index (χ4v) is 1.56. The predicted molar refractivity (Wildman–Crippen MR) is 56.9 cm³/mol. The number of hydrogen-bond donors (Lipinski definition) is 1. The van der Waals surface area contributed by atoms with Gasteiger partial charge >= 0.3 is 0 Å². The van der Waals surface area contributed by atoms with Gasteiger partial charge in [0.05, 0.1) is 0 Å². The number of aliphatic hydroxyl groups excluding tert-OH is 1. The second-order valence-electron chi connectivity index (χ2n) is 4.85. The highest BCUT2D eigenvalue weighted by Gasteiger charge is 2.20.